The third kappa shape index (κ3) is 1.25. The number of carbonyl (C=O) groups is 1. The van der Waals surface area contributed by atoms with Crippen LogP contribution < -0.4 is 0 Å². The summed E-state index contributed by atoms with van der Waals surface area (Å²) in [7, 11) is 0. The Morgan fingerprint density at radius 1 is 1.53 bits per heavy atom. The Morgan fingerprint density at radius 3 is 3.13 bits per heavy atom. The van der Waals surface area contributed by atoms with Gasteiger partial charge in [0.2, 0.25) is 0 Å². The molecular weight excluding hydrogens is 184 g/mol. The van der Waals surface area contributed by atoms with Crippen LogP contribution in [0.1, 0.15) is 45.4 Å². The summed E-state index contributed by atoms with van der Waals surface area (Å²) in [5, 5.41) is 0. The monoisotopic (exact) mass is 204 g/mol. The highest BCUT2D eigenvalue weighted by Gasteiger charge is 2.56. The van der Waals surface area contributed by atoms with Gasteiger partial charge >= 0.3 is 0 Å². The fourth-order valence-corrected chi connectivity index (χ4v) is 4.56. The van der Waals surface area contributed by atoms with Gasteiger partial charge in [0.1, 0.15) is 6.29 Å². The van der Waals surface area contributed by atoms with Crippen molar-refractivity contribution in [2.24, 2.45) is 23.2 Å². The molecule has 2 saturated carbocycles. The second-order valence-electron chi connectivity index (χ2n) is 6.01. The van der Waals surface area contributed by atoms with Crippen LogP contribution in [0.25, 0.3) is 0 Å². The minimum absolute atomic E-state index is 0.584. The lowest BCUT2D eigenvalue weighted by Crippen LogP contribution is -2.29. The smallest absolute Gasteiger partial charge is 0.120 e. The van der Waals surface area contributed by atoms with Crippen LogP contribution in [0.4, 0.5) is 0 Å². The molecule has 2 bridgehead atoms. The maximum Gasteiger partial charge on any atom is 0.120 e. The van der Waals surface area contributed by atoms with E-state index in [4.69, 9.17) is 0 Å². The van der Waals surface area contributed by atoms with Crippen LogP contribution in [0.3, 0.4) is 0 Å². The lowest BCUT2D eigenvalue weighted by molar-refractivity contribution is -0.107. The molecule has 4 atom stereocenters. The lowest BCUT2D eigenvalue weighted by atomic mass is 9.68. The van der Waals surface area contributed by atoms with Crippen molar-refractivity contribution in [1.29, 1.82) is 0 Å². The van der Waals surface area contributed by atoms with Crippen LogP contribution in [-0.4, -0.2) is 6.29 Å². The van der Waals surface area contributed by atoms with Crippen molar-refractivity contribution in [2.75, 3.05) is 0 Å². The first-order chi connectivity index (χ1) is 7.24. The van der Waals surface area contributed by atoms with Crippen molar-refractivity contribution in [3.8, 4) is 0 Å². The van der Waals surface area contributed by atoms with Crippen molar-refractivity contribution in [2.45, 2.75) is 45.4 Å². The van der Waals surface area contributed by atoms with E-state index in [0.717, 1.165) is 36.9 Å². The number of fused-ring (bicyclic) bond motifs is 5. The number of rotatable bonds is 3. The highest BCUT2D eigenvalue weighted by Crippen LogP contribution is 2.65. The van der Waals surface area contributed by atoms with Gasteiger partial charge in [0.15, 0.2) is 0 Å². The molecule has 0 amide bonds. The van der Waals surface area contributed by atoms with Crippen LogP contribution in [0.15, 0.2) is 11.6 Å². The van der Waals surface area contributed by atoms with Crippen molar-refractivity contribution in [3.63, 3.8) is 0 Å². The zero-order valence-electron chi connectivity index (χ0n) is 9.54. The molecule has 1 nitrogen and oxygen atoms in total. The molecule has 0 aliphatic heterocycles. The molecule has 1 heteroatoms. The first kappa shape index (κ1) is 9.62. The number of hydrogen-bond acceptors (Lipinski definition) is 1. The molecule has 2 fully saturated rings. The number of carbonyl (C=O) groups excluding carboxylic acids is 1. The minimum atomic E-state index is 0.584. The molecule has 0 aromatic carbocycles. The normalized spacial score (nSPS) is 46.7. The Bertz CT molecular complexity index is 317. The number of allylic oxidation sites excluding steroid dienone is 2. The van der Waals surface area contributed by atoms with Crippen LogP contribution in [-0.2, 0) is 4.79 Å². The largest absolute Gasteiger partial charge is 0.303 e. The third-order valence-corrected chi connectivity index (χ3v) is 5.28. The van der Waals surface area contributed by atoms with Crippen LogP contribution in [0.5, 0.6) is 0 Å². The molecule has 2 unspecified atom stereocenters. The second-order valence-corrected chi connectivity index (χ2v) is 6.01. The second kappa shape index (κ2) is 3.20. The third-order valence-electron chi connectivity index (χ3n) is 5.28. The molecule has 0 saturated heterocycles. The summed E-state index contributed by atoms with van der Waals surface area (Å²) in [6.07, 6.45) is 11.0. The summed E-state index contributed by atoms with van der Waals surface area (Å²) in [5.41, 5.74) is 2.16. The van der Waals surface area contributed by atoms with E-state index in [1.165, 1.54) is 25.7 Å². The standard InChI is InChI=1S/C14H20O/c1-14-9-10(3-2-6-15)7-13(14)11-4-5-12(14)8-11/h6-7,11-13H,2-5,8-9H2,1H3/t11?,12?,13-,14+/m1/s1. The first-order valence-corrected chi connectivity index (χ1v) is 6.37. The quantitative estimate of drug-likeness (QED) is 0.509. The Kier molecular flexibility index (Phi) is 2.05. The molecule has 0 radical (unpaired) electrons. The highest BCUT2D eigenvalue weighted by atomic mass is 16.1. The molecule has 82 valence electrons. The molecule has 15 heavy (non-hydrogen) atoms. The maximum atomic E-state index is 10.4. The van der Waals surface area contributed by atoms with Crippen LogP contribution in [0, 0.1) is 23.2 Å². The molecule has 0 N–H and O–H groups in total. The lowest BCUT2D eigenvalue weighted by Gasteiger charge is -2.36. The highest BCUT2D eigenvalue weighted by molar-refractivity contribution is 5.50. The summed E-state index contributed by atoms with van der Waals surface area (Å²) >= 11 is 0. The van der Waals surface area contributed by atoms with E-state index in [0.29, 0.717) is 5.41 Å². The summed E-state index contributed by atoms with van der Waals surface area (Å²) in [4.78, 5) is 10.4. The molecule has 0 aromatic heterocycles. The average Bonchev–Trinajstić information content (AvgIpc) is 2.83. The first-order valence-electron chi connectivity index (χ1n) is 6.37. The van der Waals surface area contributed by atoms with Gasteiger partial charge in [-0.3, -0.25) is 0 Å². The fraction of sp³-hybridized carbons (Fsp3) is 0.786. The average molecular weight is 204 g/mol. The summed E-state index contributed by atoms with van der Waals surface area (Å²) in [5.74, 6) is 2.82. The van der Waals surface area contributed by atoms with E-state index in [1.807, 2.05) is 0 Å². The molecule has 3 aliphatic carbocycles. The summed E-state index contributed by atoms with van der Waals surface area (Å²) in [6, 6.07) is 0. The van der Waals surface area contributed by atoms with Gasteiger partial charge in [-0.25, -0.2) is 0 Å². The van der Waals surface area contributed by atoms with E-state index < -0.39 is 0 Å². The number of hydrogen-bond donors (Lipinski definition) is 0. The molecular formula is C14H20O. The topological polar surface area (TPSA) is 17.1 Å². The van der Waals surface area contributed by atoms with Gasteiger partial charge in [0.25, 0.3) is 0 Å². The van der Waals surface area contributed by atoms with E-state index >= 15 is 0 Å². The SMILES string of the molecule is C[C@@]12CC(CCC=O)=C[C@@H]1C1CCC2C1. The van der Waals surface area contributed by atoms with Crippen molar-refractivity contribution >= 4 is 6.29 Å². The van der Waals surface area contributed by atoms with Crippen LogP contribution in [0.2, 0.25) is 0 Å². The van der Waals surface area contributed by atoms with Crippen molar-refractivity contribution < 1.29 is 4.79 Å². The Morgan fingerprint density at radius 2 is 2.40 bits per heavy atom. The van der Waals surface area contributed by atoms with Crippen LogP contribution >= 0.6 is 0 Å². The molecule has 3 aliphatic rings. The van der Waals surface area contributed by atoms with Gasteiger partial charge in [-0.2, -0.15) is 0 Å². The molecule has 0 spiro atoms. The van der Waals surface area contributed by atoms with E-state index in [9.17, 15) is 4.79 Å². The summed E-state index contributed by atoms with van der Waals surface area (Å²) in [6.45, 7) is 2.49. The predicted octanol–water partition coefficient (Wildman–Crippen LogP) is 3.35. The Hall–Kier alpha value is -0.590. The molecule has 0 aromatic rings. The van der Waals surface area contributed by atoms with E-state index in [2.05, 4.69) is 13.0 Å². The van der Waals surface area contributed by atoms with Gasteiger partial charge in [-0.05, 0) is 55.3 Å². The maximum absolute atomic E-state index is 10.4. The zero-order valence-corrected chi connectivity index (χ0v) is 9.54. The molecule has 3 rings (SSSR count). The van der Waals surface area contributed by atoms with Gasteiger partial charge < -0.3 is 4.79 Å². The Labute approximate surface area is 91.9 Å². The van der Waals surface area contributed by atoms with E-state index in [-0.39, 0.29) is 0 Å². The summed E-state index contributed by atoms with van der Waals surface area (Å²) < 4.78 is 0. The fourth-order valence-electron chi connectivity index (χ4n) is 4.56. The van der Waals surface area contributed by atoms with Crippen molar-refractivity contribution in [1.82, 2.24) is 0 Å². The predicted molar refractivity (Wildman–Crippen MR) is 60.4 cm³/mol. The van der Waals surface area contributed by atoms with Gasteiger partial charge in [0.05, 0.1) is 0 Å². The Balaban J connectivity index is 1.78. The van der Waals surface area contributed by atoms with Gasteiger partial charge in [0, 0.05) is 6.42 Å². The zero-order chi connectivity index (χ0) is 10.5. The van der Waals surface area contributed by atoms with E-state index in [1.54, 1.807) is 5.57 Å². The van der Waals surface area contributed by atoms with Gasteiger partial charge in [-0.1, -0.05) is 18.6 Å². The van der Waals surface area contributed by atoms with Crippen molar-refractivity contribution in [3.05, 3.63) is 11.6 Å². The molecule has 0 heterocycles. The minimum Gasteiger partial charge on any atom is -0.303 e. The van der Waals surface area contributed by atoms with Gasteiger partial charge in [-0.15, -0.1) is 0 Å². The number of aldehydes is 1.